The first-order valence-electron chi connectivity index (χ1n) is 11.2. The highest BCUT2D eigenvalue weighted by Gasteiger charge is 2.30. The minimum Gasteiger partial charge on any atom is -0.450 e. The monoisotopic (exact) mass is 567 g/mol. The number of hydrogen-bond acceptors (Lipinski definition) is 13. The molecular weight excluding hydrogens is 545 g/mol. The van der Waals surface area contributed by atoms with Crippen LogP contribution in [0.4, 0.5) is 10.7 Å². The summed E-state index contributed by atoms with van der Waals surface area (Å²) >= 11 is 5.12. The second-order valence-electron chi connectivity index (χ2n) is 8.13. The summed E-state index contributed by atoms with van der Waals surface area (Å²) in [5.41, 5.74) is 6.54. The van der Waals surface area contributed by atoms with Gasteiger partial charge in [0.2, 0.25) is 5.95 Å². The first kappa shape index (κ1) is 26.1. The number of nitrogens with one attached hydrogen (secondary N) is 1. The Morgan fingerprint density at radius 2 is 2.13 bits per heavy atom. The molecular formula is C19H22N9O8PS. The van der Waals surface area contributed by atoms with E-state index >= 15 is 0 Å². The summed E-state index contributed by atoms with van der Waals surface area (Å²) in [6.07, 6.45) is 3.14. The van der Waals surface area contributed by atoms with E-state index in [0.29, 0.717) is 29.7 Å². The van der Waals surface area contributed by atoms with Gasteiger partial charge in [-0.2, -0.15) is 4.98 Å². The van der Waals surface area contributed by atoms with Gasteiger partial charge in [0.1, 0.15) is 23.9 Å². The smallest absolute Gasteiger partial charge is 0.450 e. The second-order valence-corrected chi connectivity index (χ2v) is 11.0. The van der Waals surface area contributed by atoms with E-state index in [1.165, 1.54) is 18.9 Å². The number of nitrogen functional groups attached to an aromatic ring is 1. The summed E-state index contributed by atoms with van der Waals surface area (Å²) in [6.45, 7) is -3.89. The predicted molar refractivity (Wildman–Crippen MR) is 132 cm³/mol. The van der Waals surface area contributed by atoms with Gasteiger partial charge < -0.3 is 38.8 Å². The number of hydrogen-bond donors (Lipinski definition) is 4. The van der Waals surface area contributed by atoms with Crippen molar-refractivity contribution >= 4 is 53.0 Å². The van der Waals surface area contributed by atoms with Gasteiger partial charge in [0.15, 0.2) is 23.4 Å². The molecule has 0 bridgehead atoms. The molecule has 1 fully saturated rings. The number of carbonyl (C=O) groups is 1. The van der Waals surface area contributed by atoms with Crippen LogP contribution in [-0.2, 0) is 43.5 Å². The molecule has 4 aromatic rings. The number of H-pyrrole nitrogens is 1. The predicted octanol–water partition coefficient (Wildman–Crippen LogP) is 0.664. The molecule has 0 saturated carbocycles. The fourth-order valence-electron chi connectivity index (χ4n) is 4.03. The minimum atomic E-state index is -3.63. The molecule has 202 valence electrons. The van der Waals surface area contributed by atoms with Crippen LogP contribution in [0.2, 0.25) is 0 Å². The van der Waals surface area contributed by atoms with Crippen LogP contribution < -0.4 is 11.3 Å². The lowest BCUT2D eigenvalue weighted by atomic mass is 10.2. The zero-order chi connectivity index (χ0) is 26.9. The molecule has 0 amide bonds. The third kappa shape index (κ3) is 5.64. The van der Waals surface area contributed by atoms with Crippen molar-refractivity contribution in [2.45, 2.75) is 38.3 Å². The molecule has 5 heterocycles. The Bertz CT molecular complexity index is 1590. The van der Waals surface area contributed by atoms with Crippen LogP contribution in [0.1, 0.15) is 24.9 Å². The molecule has 5 N–H and O–H groups in total. The number of nitrogens with zero attached hydrogens (tertiary/aromatic N) is 7. The first-order valence-corrected chi connectivity index (χ1v) is 13.8. The molecule has 0 aromatic carbocycles. The SMILES string of the molecule is Nc1nc2c(ncn2[C@H]2CC[C@@H](COP(O)(=S)OCCn3c(COC(=O)O)nc4cncnc43)O2)c(=O)[nH]1. The lowest BCUT2D eigenvalue weighted by Gasteiger charge is -2.19. The van der Waals surface area contributed by atoms with Crippen LogP contribution in [0.3, 0.4) is 0 Å². The molecule has 0 radical (unpaired) electrons. The van der Waals surface area contributed by atoms with E-state index in [0.717, 1.165) is 0 Å². The third-order valence-corrected chi connectivity index (χ3v) is 7.27. The van der Waals surface area contributed by atoms with Gasteiger partial charge in [0, 0.05) is 6.54 Å². The third-order valence-electron chi connectivity index (χ3n) is 5.65. The van der Waals surface area contributed by atoms with Crippen molar-refractivity contribution in [2.24, 2.45) is 0 Å². The van der Waals surface area contributed by atoms with Gasteiger partial charge in [-0.15, -0.1) is 0 Å². The summed E-state index contributed by atoms with van der Waals surface area (Å²) in [6, 6.07) is 0. The van der Waals surface area contributed by atoms with Gasteiger partial charge in [-0.3, -0.25) is 14.3 Å². The van der Waals surface area contributed by atoms with Crippen molar-refractivity contribution in [3.63, 3.8) is 0 Å². The molecule has 0 spiro atoms. The van der Waals surface area contributed by atoms with E-state index in [-0.39, 0.29) is 43.7 Å². The molecule has 4 aromatic heterocycles. The van der Waals surface area contributed by atoms with Crippen molar-refractivity contribution in [3.8, 4) is 0 Å². The van der Waals surface area contributed by atoms with Crippen LogP contribution >= 0.6 is 6.72 Å². The van der Waals surface area contributed by atoms with Crippen molar-refractivity contribution in [1.29, 1.82) is 0 Å². The zero-order valence-electron chi connectivity index (χ0n) is 19.5. The number of fused-ring (bicyclic) bond motifs is 2. The van der Waals surface area contributed by atoms with Crippen LogP contribution in [0.5, 0.6) is 0 Å². The summed E-state index contributed by atoms with van der Waals surface area (Å²) in [7, 11) is 0. The van der Waals surface area contributed by atoms with Crippen molar-refractivity contribution in [2.75, 3.05) is 18.9 Å². The summed E-state index contributed by atoms with van der Waals surface area (Å²) in [5, 5.41) is 8.80. The van der Waals surface area contributed by atoms with Crippen LogP contribution in [-0.4, -0.2) is 74.5 Å². The van der Waals surface area contributed by atoms with E-state index < -0.39 is 30.8 Å². The Labute approximate surface area is 217 Å². The Morgan fingerprint density at radius 1 is 1.29 bits per heavy atom. The first-order chi connectivity index (χ1) is 18.2. The van der Waals surface area contributed by atoms with E-state index in [1.54, 1.807) is 9.13 Å². The van der Waals surface area contributed by atoms with Crippen LogP contribution in [0.25, 0.3) is 22.3 Å². The van der Waals surface area contributed by atoms with Gasteiger partial charge >= 0.3 is 12.9 Å². The van der Waals surface area contributed by atoms with Crippen LogP contribution in [0, 0.1) is 0 Å². The Balaban J connectivity index is 1.16. The normalized spacial score (nSPS) is 19.2. The minimum absolute atomic E-state index is 0.0218. The maximum Gasteiger partial charge on any atom is 0.506 e. The Hall–Kier alpha value is -3.54. The number of aromatic amines is 1. The number of carboxylic acid groups (broad SMARTS) is 1. The van der Waals surface area contributed by atoms with Crippen molar-refractivity contribution in [3.05, 3.63) is 35.0 Å². The molecule has 5 rings (SSSR count). The highest BCUT2D eigenvalue weighted by atomic mass is 32.5. The largest absolute Gasteiger partial charge is 0.506 e. The number of anilines is 1. The Kier molecular flexibility index (Phi) is 7.33. The van der Waals surface area contributed by atoms with Gasteiger partial charge in [0.25, 0.3) is 5.56 Å². The average Bonchev–Trinajstić information content (AvgIpc) is 3.58. The van der Waals surface area contributed by atoms with E-state index in [9.17, 15) is 14.5 Å². The molecule has 38 heavy (non-hydrogen) atoms. The summed E-state index contributed by atoms with van der Waals surface area (Å²) in [5.74, 6) is 0.257. The lowest BCUT2D eigenvalue weighted by Crippen LogP contribution is -2.18. The van der Waals surface area contributed by atoms with E-state index in [2.05, 4.69) is 34.6 Å². The molecule has 3 atom stereocenters. The van der Waals surface area contributed by atoms with Crippen LogP contribution in [0.15, 0.2) is 23.6 Å². The van der Waals surface area contributed by atoms with Gasteiger partial charge in [-0.1, -0.05) is 0 Å². The fraction of sp³-hybridized carbons (Fsp3) is 0.421. The number of imidazole rings is 2. The maximum atomic E-state index is 12.0. The lowest BCUT2D eigenvalue weighted by molar-refractivity contribution is -0.0190. The molecule has 1 aliphatic rings. The molecule has 1 saturated heterocycles. The number of aromatic nitrogens is 8. The highest BCUT2D eigenvalue weighted by Crippen LogP contribution is 2.44. The van der Waals surface area contributed by atoms with Crippen molar-refractivity contribution < 1.29 is 33.3 Å². The number of nitrogens with two attached hydrogens (primary N) is 1. The maximum absolute atomic E-state index is 12.0. The van der Waals surface area contributed by atoms with Gasteiger partial charge in [-0.25, -0.2) is 24.7 Å². The van der Waals surface area contributed by atoms with E-state index in [4.69, 9.17) is 36.4 Å². The number of ether oxygens (including phenoxy) is 2. The topological polar surface area (TPSA) is 228 Å². The second kappa shape index (κ2) is 10.7. The molecule has 1 aliphatic heterocycles. The van der Waals surface area contributed by atoms with Gasteiger partial charge in [0.05, 0.1) is 31.8 Å². The average molecular weight is 567 g/mol. The zero-order valence-corrected chi connectivity index (χ0v) is 21.2. The fourth-order valence-corrected chi connectivity index (χ4v) is 5.17. The summed E-state index contributed by atoms with van der Waals surface area (Å²) < 4.78 is 24.8. The van der Waals surface area contributed by atoms with Crippen molar-refractivity contribution in [1.82, 2.24) is 39.0 Å². The Morgan fingerprint density at radius 3 is 2.95 bits per heavy atom. The molecule has 19 heteroatoms. The summed E-state index contributed by atoms with van der Waals surface area (Å²) in [4.78, 5) is 56.3. The number of rotatable bonds is 10. The molecule has 1 unspecified atom stereocenters. The van der Waals surface area contributed by atoms with Gasteiger partial charge in [-0.05, 0) is 24.6 Å². The quantitative estimate of drug-likeness (QED) is 0.152. The standard InChI is InChI=1S/C19H22N9O8PS/c20-18-25-16-14(17(29)26-18)23-9-28(16)13-2-1-10(36-13)6-35-37(32,38)34-4-3-27-12(7-33-19(30)31)24-11-5-21-8-22-15(11)27/h5,8-10,13H,1-4,6-7H2,(H,30,31)(H,32,38)(H3,20,25,26,29)/t10-,13+,37?/m0/s1. The van der Waals surface area contributed by atoms with E-state index in [1.807, 2.05) is 0 Å². The molecule has 0 aliphatic carbocycles. The highest BCUT2D eigenvalue weighted by molar-refractivity contribution is 8.07. The molecule has 17 nitrogen and oxygen atoms in total.